The van der Waals surface area contributed by atoms with Crippen molar-refractivity contribution in [2.75, 3.05) is 27.2 Å². The fourth-order valence-corrected chi connectivity index (χ4v) is 1.53. The molecule has 5 nitrogen and oxygen atoms in total. The van der Waals surface area contributed by atoms with Crippen molar-refractivity contribution in [3.8, 4) is 0 Å². The maximum atomic E-state index is 11.5. The van der Waals surface area contributed by atoms with Gasteiger partial charge in [-0.3, -0.25) is 9.59 Å². The van der Waals surface area contributed by atoms with E-state index in [2.05, 4.69) is 10.6 Å². The summed E-state index contributed by atoms with van der Waals surface area (Å²) in [5.74, 6) is 0.0579. The summed E-state index contributed by atoms with van der Waals surface area (Å²) in [6.07, 6.45) is 1.73. The molecule has 1 fully saturated rings. The van der Waals surface area contributed by atoms with E-state index in [0.717, 1.165) is 13.0 Å². The summed E-state index contributed by atoms with van der Waals surface area (Å²) in [6, 6.07) is 0.0217. The number of nitrogens with one attached hydrogen (secondary N) is 2. The summed E-state index contributed by atoms with van der Waals surface area (Å²) >= 11 is 0. The Morgan fingerprint density at radius 3 is 2.93 bits per heavy atom. The molecule has 0 aliphatic carbocycles. The molecule has 1 aliphatic rings. The predicted octanol–water partition coefficient (Wildman–Crippen LogP) is -0.667. The molecule has 15 heavy (non-hydrogen) atoms. The Balaban J connectivity index is 2.22. The monoisotopic (exact) mass is 213 g/mol. The lowest BCUT2D eigenvalue weighted by Crippen LogP contribution is -2.45. The molecule has 1 heterocycles. The third-order valence-corrected chi connectivity index (χ3v) is 2.40. The van der Waals surface area contributed by atoms with E-state index < -0.39 is 0 Å². The second-order valence-electron chi connectivity index (χ2n) is 4.16. The Hall–Kier alpha value is -1.10. The molecule has 0 aromatic rings. The summed E-state index contributed by atoms with van der Waals surface area (Å²) in [4.78, 5) is 24.5. The normalized spacial score (nSPS) is 21.3. The molecule has 0 spiro atoms. The molecule has 0 bridgehead atoms. The minimum Gasteiger partial charge on any atom is -0.356 e. The van der Waals surface area contributed by atoms with E-state index >= 15 is 0 Å². The summed E-state index contributed by atoms with van der Waals surface area (Å²) in [5, 5.41) is 5.62. The van der Waals surface area contributed by atoms with Gasteiger partial charge in [-0.1, -0.05) is 0 Å². The zero-order valence-corrected chi connectivity index (χ0v) is 9.38. The molecule has 0 aromatic carbocycles. The van der Waals surface area contributed by atoms with Gasteiger partial charge in [0.15, 0.2) is 0 Å². The van der Waals surface area contributed by atoms with Gasteiger partial charge in [-0.2, -0.15) is 0 Å². The second-order valence-corrected chi connectivity index (χ2v) is 4.16. The number of hydrogen-bond donors (Lipinski definition) is 2. The first-order valence-corrected chi connectivity index (χ1v) is 5.28. The van der Waals surface area contributed by atoms with Gasteiger partial charge in [0, 0.05) is 32.0 Å². The highest BCUT2D eigenvalue weighted by Crippen LogP contribution is 2.03. The van der Waals surface area contributed by atoms with E-state index in [-0.39, 0.29) is 17.9 Å². The van der Waals surface area contributed by atoms with E-state index in [0.29, 0.717) is 19.4 Å². The minimum atomic E-state index is 0.0217. The summed E-state index contributed by atoms with van der Waals surface area (Å²) in [5.41, 5.74) is 0. The van der Waals surface area contributed by atoms with Gasteiger partial charge in [0.1, 0.15) is 0 Å². The molecule has 5 heteroatoms. The van der Waals surface area contributed by atoms with E-state index in [9.17, 15) is 9.59 Å². The van der Waals surface area contributed by atoms with Crippen LogP contribution in [0.4, 0.5) is 0 Å². The Kier molecular flexibility index (Phi) is 4.55. The molecule has 1 rings (SSSR count). The Morgan fingerprint density at radius 1 is 1.60 bits per heavy atom. The molecule has 0 saturated carbocycles. The van der Waals surface area contributed by atoms with Crippen LogP contribution >= 0.6 is 0 Å². The van der Waals surface area contributed by atoms with Gasteiger partial charge in [-0.15, -0.1) is 0 Å². The van der Waals surface area contributed by atoms with Crippen LogP contribution in [0.15, 0.2) is 0 Å². The maximum Gasteiger partial charge on any atom is 0.222 e. The highest BCUT2D eigenvalue weighted by atomic mass is 16.2. The zero-order valence-electron chi connectivity index (χ0n) is 9.38. The van der Waals surface area contributed by atoms with E-state index in [1.54, 1.807) is 0 Å². The van der Waals surface area contributed by atoms with Gasteiger partial charge in [0.2, 0.25) is 11.8 Å². The Bertz CT molecular complexity index is 241. The van der Waals surface area contributed by atoms with Crippen molar-refractivity contribution >= 4 is 11.8 Å². The molecular weight excluding hydrogens is 194 g/mol. The van der Waals surface area contributed by atoms with Crippen LogP contribution in [0.3, 0.4) is 0 Å². The Labute approximate surface area is 90.2 Å². The van der Waals surface area contributed by atoms with Crippen LogP contribution in [-0.4, -0.2) is 49.9 Å². The van der Waals surface area contributed by atoms with Crippen molar-refractivity contribution in [3.63, 3.8) is 0 Å². The number of amides is 2. The fourth-order valence-electron chi connectivity index (χ4n) is 1.53. The number of nitrogens with zero attached hydrogens (tertiary/aromatic N) is 1. The van der Waals surface area contributed by atoms with E-state index in [1.807, 2.05) is 19.0 Å². The number of hydrogen-bond acceptors (Lipinski definition) is 3. The first-order valence-electron chi connectivity index (χ1n) is 5.28. The molecule has 0 radical (unpaired) electrons. The fraction of sp³-hybridized carbons (Fsp3) is 0.800. The van der Waals surface area contributed by atoms with Crippen LogP contribution in [0.1, 0.15) is 19.3 Å². The first-order chi connectivity index (χ1) is 7.08. The van der Waals surface area contributed by atoms with Crippen LogP contribution in [0.25, 0.3) is 0 Å². The highest BCUT2D eigenvalue weighted by molar-refractivity contribution is 5.80. The molecule has 1 atom stereocenters. The van der Waals surface area contributed by atoms with Gasteiger partial charge in [0.25, 0.3) is 0 Å². The summed E-state index contributed by atoms with van der Waals surface area (Å²) in [7, 11) is 3.86. The van der Waals surface area contributed by atoms with Crippen LogP contribution in [0.5, 0.6) is 0 Å². The van der Waals surface area contributed by atoms with Crippen molar-refractivity contribution in [2.45, 2.75) is 25.3 Å². The predicted molar refractivity (Wildman–Crippen MR) is 57.3 cm³/mol. The van der Waals surface area contributed by atoms with Gasteiger partial charge >= 0.3 is 0 Å². The third kappa shape index (κ3) is 4.78. The van der Waals surface area contributed by atoms with Crippen LogP contribution in [-0.2, 0) is 9.59 Å². The molecule has 1 unspecified atom stereocenters. The number of carbonyl (C=O) groups excluding carboxylic acids is 2. The van der Waals surface area contributed by atoms with Crippen LogP contribution in [0, 0.1) is 0 Å². The lowest BCUT2D eigenvalue weighted by Gasteiger charge is -2.23. The summed E-state index contributed by atoms with van der Waals surface area (Å²) < 4.78 is 0. The maximum absolute atomic E-state index is 11.5. The lowest BCUT2D eigenvalue weighted by molar-refractivity contribution is -0.125. The lowest BCUT2D eigenvalue weighted by atomic mass is 10.1. The van der Waals surface area contributed by atoms with Crippen molar-refractivity contribution in [1.82, 2.24) is 15.5 Å². The average molecular weight is 213 g/mol. The molecule has 2 N–H and O–H groups in total. The number of piperidine rings is 1. The van der Waals surface area contributed by atoms with Gasteiger partial charge in [-0.25, -0.2) is 0 Å². The van der Waals surface area contributed by atoms with Crippen LogP contribution in [0.2, 0.25) is 0 Å². The van der Waals surface area contributed by atoms with Crippen LogP contribution < -0.4 is 10.6 Å². The van der Waals surface area contributed by atoms with Crippen molar-refractivity contribution in [2.24, 2.45) is 0 Å². The van der Waals surface area contributed by atoms with E-state index in [1.165, 1.54) is 0 Å². The minimum absolute atomic E-state index is 0.0217. The molecule has 1 aliphatic heterocycles. The SMILES string of the molecule is CN(C)CCC(=O)NC1CCNC(=O)C1. The average Bonchev–Trinajstić information content (AvgIpc) is 2.15. The topological polar surface area (TPSA) is 61.4 Å². The molecule has 86 valence electrons. The quantitative estimate of drug-likeness (QED) is 0.651. The first kappa shape index (κ1) is 12.0. The van der Waals surface area contributed by atoms with Gasteiger partial charge < -0.3 is 15.5 Å². The molecular formula is C10H19N3O2. The van der Waals surface area contributed by atoms with Gasteiger partial charge in [-0.05, 0) is 20.5 Å². The van der Waals surface area contributed by atoms with E-state index in [4.69, 9.17) is 0 Å². The zero-order chi connectivity index (χ0) is 11.3. The summed E-state index contributed by atoms with van der Waals surface area (Å²) in [6.45, 7) is 1.40. The highest BCUT2D eigenvalue weighted by Gasteiger charge is 2.20. The van der Waals surface area contributed by atoms with Gasteiger partial charge in [0.05, 0.1) is 0 Å². The van der Waals surface area contributed by atoms with Crippen molar-refractivity contribution in [1.29, 1.82) is 0 Å². The molecule has 0 aromatic heterocycles. The Morgan fingerprint density at radius 2 is 2.33 bits per heavy atom. The standard InChI is InChI=1S/C10H19N3O2/c1-13(2)6-4-9(14)12-8-3-5-11-10(15)7-8/h8H,3-7H2,1-2H3,(H,11,15)(H,12,14). The number of rotatable bonds is 4. The number of carbonyl (C=O) groups is 2. The largest absolute Gasteiger partial charge is 0.356 e. The van der Waals surface area contributed by atoms with Crippen molar-refractivity contribution < 1.29 is 9.59 Å². The second kappa shape index (κ2) is 5.70. The molecule has 2 amide bonds. The van der Waals surface area contributed by atoms with Crippen molar-refractivity contribution in [3.05, 3.63) is 0 Å². The molecule has 1 saturated heterocycles. The smallest absolute Gasteiger partial charge is 0.222 e. The third-order valence-electron chi connectivity index (χ3n) is 2.40.